The van der Waals surface area contributed by atoms with Gasteiger partial charge in [0.15, 0.2) is 0 Å². The highest BCUT2D eigenvalue weighted by Gasteiger charge is 2.32. The van der Waals surface area contributed by atoms with Crippen LogP contribution in [0.4, 0.5) is 0 Å². The van der Waals surface area contributed by atoms with E-state index in [4.69, 9.17) is 5.73 Å². The average molecular weight is 252 g/mol. The van der Waals surface area contributed by atoms with E-state index in [0.717, 1.165) is 25.7 Å². The third-order valence-corrected chi connectivity index (χ3v) is 4.58. The first-order valence-electron chi connectivity index (χ1n) is 7.76. The van der Waals surface area contributed by atoms with E-state index in [0.29, 0.717) is 12.5 Å². The fraction of sp³-hybridized carbons (Fsp3) is 0.933. The molecule has 0 saturated heterocycles. The van der Waals surface area contributed by atoms with Crippen LogP contribution < -0.4 is 11.1 Å². The molecule has 2 saturated carbocycles. The molecule has 0 spiro atoms. The van der Waals surface area contributed by atoms with Crippen LogP contribution in [-0.2, 0) is 4.79 Å². The molecule has 18 heavy (non-hydrogen) atoms. The zero-order chi connectivity index (χ0) is 12.8. The highest BCUT2D eigenvalue weighted by molar-refractivity contribution is 5.77. The third kappa shape index (κ3) is 4.27. The Bertz CT molecular complexity index is 264. The van der Waals surface area contributed by atoms with E-state index in [9.17, 15) is 4.79 Å². The normalized spacial score (nSPS) is 25.4. The SMILES string of the molecule is NC1(CC(=O)NC2CCCCCCC2)CCCC1. The minimum absolute atomic E-state index is 0.185. The smallest absolute Gasteiger partial charge is 0.222 e. The standard InChI is InChI=1S/C15H28N2O/c16-15(10-6-7-11-15)12-14(18)17-13-8-4-2-1-3-5-9-13/h13H,1-12,16H2,(H,17,18). The molecular formula is C15H28N2O. The van der Waals surface area contributed by atoms with Crippen LogP contribution >= 0.6 is 0 Å². The minimum Gasteiger partial charge on any atom is -0.353 e. The summed E-state index contributed by atoms with van der Waals surface area (Å²) in [6.07, 6.45) is 13.8. The third-order valence-electron chi connectivity index (χ3n) is 4.58. The number of nitrogens with one attached hydrogen (secondary N) is 1. The first-order chi connectivity index (χ1) is 8.68. The summed E-state index contributed by atoms with van der Waals surface area (Å²) in [5.41, 5.74) is 6.06. The molecule has 0 aromatic heterocycles. The van der Waals surface area contributed by atoms with Crippen molar-refractivity contribution in [3.8, 4) is 0 Å². The van der Waals surface area contributed by atoms with Gasteiger partial charge in [-0.3, -0.25) is 4.79 Å². The molecular weight excluding hydrogens is 224 g/mol. The number of nitrogens with two attached hydrogens (primary N) is 1. The van der Waals surface area contributed by atoms with Crippen LogP contribution in [-0.4, -0.2) is 17.5 Å². The molecule has 0 unspecified atom stereocenters. The van der Waals surface area contributed by atoms with Gasteiger partial charge in [-0.15, -0.1) is 0 Å². The number of hydrogen-bond acceptors (Lipinski definition) is 2. The summed E-state index contributed by atoms with van der Waals surface area (Å²) >= 11 is 0. The van der Waals surface area contributed by atoms with Crippen LogP contribution in [0, 0.1) is 0 Å². The predicted octanol–water partition coefficient (Wildman–Crippen LogP) is 2.88. The second kappa shape index (κ2) is 6.55. The maximum Gasteiger partial charge on any atom is 0.222 e. The van der Waals surface area contributed by atoms with E-state index in [-0.39, 0.29) is 11.4 Å². The molecule has 0 aliphatic heterocycles. The van der Waals surface area contributed by atoms with E-state index < -0.39 is 0 Å². The highest BCUT2D eigenvalue weighted by atomic mass is 16.1. The van der Waals surface area contributed by atoms with Crippen LogP contribution in [0.1, 0.15) is 77.0 Å². The fourth-order valence-corrected chi connectivity index (χ4v) is 3.45. The Morgan fingerprint density at radius 3 is 2.17 bits per heavy atom. The summed E-state index contributed by atoms with van der Waals surface area (Å²) in [6.45, 7) is 0. The van der Waals surface area contributed by atoms with Gasteiger partial charge >= 0.3 is 0 Å². The summed E-state index contributed by atoms with van der Waals surface area (Å²) in [4.78, 5) is 12.1. The zero-order valence-electron chi connectivity index (χ0n) is 11.5. The van der Waals surface area contributed by atoms with Gasteiger partial charge in [0.1, 0.15) is 0 Å². The van der Waals surface area contributed by atoms with E-state index in [1.165, 1.54) is 44.9 Å². The number of carbonyl (C=O) groups excluding carboxylic acids is 1. The van der Waals surface area contributed by atoms with Crippen molar-refractivity contribution in [3.05, 3.63) is 0 Å². The number of carbonyl (C=O) groups is 1. The van der Waals surface area contributed by atoms with Gasteiger partial charge in [-0.1, -0.05) is 44.9 Å². The van der Waals surface area contributed by atoms with Crippen molar-refractivity contribution in [1.29, 1.82) is 0 Å². The van der Waals surface area contributed by atoms with Crippen molar-refractivity contribution in [2.24, 2.45) is 5.73 Å². The Hall–Kier alpha value is -0.570. The molecule has 3 heteroatoms. The molecule has 0 heterocycles. The van der Waals surface area contributed by atoms with Gasteiger partial charge in [-0.05, 0) is 25.7 Å². The fourth-order valence-electron chi connectivity index (χ4n) is 3.45. The van der Waals surface area contributed by atoms with Crippen molar-refractivity contribution in [3.63, 3.8) is 0 Å². The lowest BCUT2D eigenvalue weighted by molar-refractivity contribution is -0.123. The van der Waals surface area contributed by atoms with Crippen LogP contribution in [0.5, 0.6) is 0 Å². The Balaban J connectivity index is 1.75. The monoisotopic (exact) mass is 252 g/mol. The average Bonchev–Trinajstić information content (AvgIpc) is 2.68. The topological polar surface area (TPSA) is 55.1 Å². The molecule has 0 aromatic carbocycles. The summed E-state index contributed by atoms with van der Waals surface area (Å²) in [7, 11) is 0. The van der Waals surface area contributed by atoms with E-state index in [1.807, 2.05) is 0 Å². The van der Waals surface area contributed by atoms with Crippen molar-refractivity contribution < 1.29 is 4.79 Å². The second-order valence-electron chi connectivity index (χ2n) is 6.36. The van der Waals surface area contributed by atoms with Gasteiger partial charge in [-0.25, -0.2) is 0 Å². The first-order valence-corrected chi connectivity index (χ1v) is 7.76. The van der Waals surface area contributed by atoms with E-state index in [1.54, 1.807) is 0 Å². The molecule has 0 radical (unpaired) electrons. The Kier molecular flexibility index (Phi) is 5.04. The van der Waals surface area contributed by atoms with E-state index in [2.05, 4.69) is 5.32 Å². The van der Waals surface area contributed by atoms with Gasteiger partial charge in [0.2, 0.25) is 5.91 Å². The van der Waals surface area contributed by atoms with Crippen LogP contribution in [0.3, 0.4) is 0 Å². The maximum atomic E-state index is 12.1. The highest BCUT2D eigenvalue weighted by Crippen LogP contribution is 2.30. The number of hydrogen-bond donors (Lipinski definition) is 2. The van der Waals surface area contributed by atoms with Gasteiger partial charge in [0.25, 0.3) is 0 Å². The molecule has 2 aliphatic carbocycles. The molecule has 2 aliphatic rings. The molecule has 1 amide bonds. The molecule has 0 atom stereocenters. The molecule has 2 fully saturated rings. The molecule has 0 aromatic rings. The summed E-state index contributed by atoms with van der Waals surface area (Å²) < 4.78 is 0. The molecule has 0 bridgehead atoms. The summed E-state index contributed by atoms with van der Waals surface area (Å²) in [5, 5.41) is 3.22. The Morgan fingerprint density at radius 1 is 1.00 bits per heavy atom. The first kappa shape index (κ1) is 13.9. The molecule has 2 rings (SSSR count). The minimum atomic E-state index is -0.203. The lowest BCUT2D eigenvalue weighted by Crippen LogP contribution is -2.44. The molecule has 3 N–H and O–H groups in total. The van der Waals surface area contributed by atoms with Gasteiger partial charge in [0, 0.05) is 18.0 Å². The second-order valence-corrected chi connectivity index (χ2v) is 6.36. The number of amides is 1. The summed E-state index contributed by atoms with van der Waals surface area (Å²) in [5.74, 6) is 0.185. The maximum absolute atomic E-state index is 12.1. The summed E-state index contributed by atoms with van der Waals surface area (Å²) in [6, 6.07) is 0.405. The zero-order valence-corrected chi connectivity index (χ0v) is 11.5. The van der Waals surface area contributed by atoms with Crippen molar-refractivity contribution in [1.82, 2.24) is 5.32 Å². The predicted molar refractivity (Wildman–Crippen MR) is 74.3 cm³/mol. The Morgan fingerprint density at radius 2 is 1.56 bits per heavy atom. The van der Waals surface area contributed by atoms with Crippen molar-refractivity contribution in [2.45, 2.75) is 88.6 Å². The van der Waals surface area contributed by atoms with Crippen LogP contribution in [0.2, 0.25) is 0 Å². The quantitative estimate of drug-likeness (QED) is 0.811. The lowest BCUT2D eigenvalue weighted by Gasteiger charge is -2.26. The lowest BCUT2D eigenvalue weighted by atomic mass is 9.93. The largest absolute Gasteiger partial charge is 0.353 e. The van der Waals surface area contributed by atoms with Gasteiger partial charge in [-0.2, -0.15) is 0 Å². The van der Waals surface area contributed by atoms with Gasteiger partial charge in [0.05, 0.1) is 0 Å². The molecule has 104 valence electrons. The van der Waals surface area contributed by atoms with Crippen molar-refractivity contribution in [2.75, 3.05) is 0 Å². The Labute approximate surface area is 111 Å². The van der Waals surface area contributed by atoms with Crippen molar-refractivity contribution >= 4 is 5.91 Å². The van der Waals surface area contributed by atoms with Crippen LogP contribution in [0.15, 0.2) is 0 Å². The molecule has 3 nitrogen and oxygen atoms in total. The van der Waals surface area contributed by atoms with E-state index >= 15 is 0 Å². The van der Waals surface area contributed by atoms with Crippen LogP contribution in [0.25, 0.3) is 0 Å². The number of rotatable bonds is 3. The van der Waals surface area contributed by atoms with Gasteiger partial charge < -0.3 is 11.1 Å².